The van der Waals surface area contributed by atoms with Gasteiger partial charge in [-0.15, -0.1) is 0 Å². The third kappa shape index (κ3) is 5.98. The summed E-state index contributed by atoms with van der Waals surface area (Å²) in [5, 5.41) is 0.732. The Bertz CT molecular complexity index is 807. The fourth-order valence-corrected chi connectivity index (χ4v) is 3.52. The minimum atomic E-state index is -3.49. The molecule has 0 spiro atoms. The van der Waals surface area contributed by atoms with Crippen molar-refractivity contribution in [2.24, 2.45) is 0 Å². The third-order valence-corrected chi connectivity index (χ3v) is 5.14. The van der Waals surface area contributed by atoms with E-state index in [1.54, 1.807) is 18.2 Å². The Morgan fingerprint density at radius 1 is 1.04 bits per heavy atom. The third-order valence-electron chi connectivity index (χ3n) is 3.11. The quantitative estimate of drug-likeness (QED) is 0.765. The molecule has 24 heavy (non-hydrogen) atoms. The number of hydrogen-bond donors (Lipinski definition) is 1. The second kappa shape index (κ2) is 8.21. The first-order valence-corrected chi connectivity index (χ1v) is 9.83. The molecule has 0 aliphatic heterocycles. The van der Waals surface area contributed by atoms with Crippen LogP contribution in [0.3, 0.4) is 0 Å². The summed E-state index contributed by atoms with van der Waals surface area (Å²) in [5.74, 6) is 0.553. The van der Waals surface area contributed by atoms with Gasteiger partial charge in [-0.25, -0.2) is 13.1 Å². The van der Waals surface area contributed by atoms with Crippen molar-refractivity contribution >= 4 is 33.2 Å². The van der Waals surface area contributed by atoms with Gasteiger partial charge in [-0.1, -0.05) is 41.4 Å². The van der Waals surface area contributed by atoms with Crippen LogP contribution in [0.2, 0.25) is 10.0 Å². The van der Waals surface area contributed by atoms with Crippen molar-refractivity contribution < 1.29 is 13.2 Å². The van der Waals surface area contributed by atoms with Crippen LogP contribution in [-0.4, -0.2) is 14.5 Å². The molecule has 0 aliphatic carbocycles. The Hall–Kier alpha value is -1.27. The van der Waals surface area contributed by atoms with Crippen LogP contribution in [-0.2, 0) is 22.3 Å². The van der Waals surface area contributed by atoms with Crippen LogP contribution in [0.25, 0.3) is 0 Å². The Kier molecular flexibility index (Phi) is 6.52. The summed E-state index contributed by atoms with van der Waals surface area (Å²) in [7, 11) is -3.49. The van der Waals surface area contributed by atoms with Crippen molar-refractivity contribution in [3.05, 3.63) is 63.6 Å². The summed E-state index contributed by atoms with van der Waals surface area (Å²) >= 11 is 11.7. The number of hydrogen-bond acceptors (Lipinski definition) is 3. The number of benzene rings is 2. The van der Waals surface area contributed by atoms with E-state index in [2.05, 4.69) is 4.72 Å². The maximum absolute atomic E-state index is 12.2. The monoisotopic (exact) mass is 387 g/mol. The van der Waals surface area contributed by atoms with E-state index in [-0.39, 0.29) is 18.4 Å². The number of rotatable bonds is 7. The lowest BCUT2D eigenvalue weighted by molar-refractivity contribution is 0.242. The summed E-state index contributed by atoms with van der Waals surface area (Å²) < 4.78 is 32.6. The van der Waals surface area contributed by atoms with Crippen molar-refractivity contribution in [3.63, 3.8) is 0 Å². The molecule has 0 radical (unpaired) electrons. The number of ether oxygens (including phenoxy) is 1. The molecule has 0 aromatic heterocycles. The van der Waals surface area contributed by atoms with Crippen molar-refractivity contribution in [2.45, 2.75) is 32.2 Å². The van der Waals surface area contributed by atoms with Crippen LogP contribution in [0.5, 0.6) is 5.75 Å². The summed E-state index contributed by atoms with van der Waals surface area (Å²) in [4.78, 5) is 0. The molecule has 0 heterocycles. The van der Waals surface area contributed by atoms with Gasteiger partial charge < -0.3 is 4.74 Å². The van der Waals surface area contributed by atoms with Crippen molar-refractivity contribution in [1.29, 1.82) is 0 Å². The Morgan fingerprint density at radius 2 is 1.79 bits per heavy atom. The molecular weight excluding hydrogens is 369 g/mol. The molecule has 0 fully saturated rings. The van der Waals surface area contributed by atoms with E-state index in [1.807, 2.05) is 38.1 Å². The molecule has 0 bridgehead atoms. The molecule has 0 atom stereocenters. The Morgan fingerprint density at radius 3 is 2.46 bits per heavy atom. The van der Waals surface area contributed by atoms with Gasteiger partial charge in [0.1, 0.15) is 5.75 Å². The van der Waals surface area contributed by atoms with E-state index in [9.17, 15) is 8.42 Å². The summed E-state index contributed by atoms with van der Waals surface area (Å²) in [6, 6.07) is 12.1. The minimum absolute atomic E-state index is 0.0617. The smallest absolute Gasteiger partial charge is 0.216 e. The van der Waals surface area contributed by atoms with Crippen molar-refractivity contribution in [3.8, 4) is 5.75 Å². The standard InChI is InChI=1S/C17H19Cl2NO3S/c1-12(2)23-15-5-3-4-13(8-15)10-20-24(21,22)11-14-6-7-16(18)17(19)9-14/h3-9,12,20H,10-11H2,1-2H3. The number of nitrogens with one attached hydrogen (secondary N) is 1. The molecule has 2 aromatic carbocycles. The highest BCUT2D eigenvalue weighted by Gasteiger charge is 2.13. The summed E-state index contributed by atoms with van der Waals surface area (Å²) in [6.45, 7) is 4.07. The predicted molar refractivity (Wildman–Crippen MR) is 98.1 cm³/mol. The van der Waals surface area contributed by atoms with Gasteiger partial charge in [0.15, 0.2) is 0 Å². The first-order chi connectivity index (χ1) is 11.2. The molecule has 7 heteroatoms. The molecule has 130 valence electrons. The average Bonchev–Trinajstić information content (AvgIpc) is 2.49. The van der Waals surface area contributed by atoms with Gasteiger partial charge >= 0.3 is 0 Å². The van der Waals surface area contributed by atoms with Gasteiger partial charge in [0, 0.05) is 6.54 Å². The average molecular weight is 388 g/mol. The van der Waals surface area contributed by atoms with E-state index < -0.39 is 10.0 Å². The lowest BCUT2D eigenvalue weighted by Gasteiger charge is -2.12. The zero-order chi connectivity index (χ0) is 17.7. The zero-order valence-electron chi connectivity index (χ0n) is 13.4. The van der Waals surface area contributed by atoms with Crippen LogP contribution >= 0.6 is 23.2 Å². The minimum Gasteiger partial charge on any atom is -0.491 e. The van der Waals surface area contributed by atoms with Gasteiger partial charge in [0.2, 0.25) is 10.0 Å². The SMILES string of the molecule is CC(C)Oc1cccc(CNS(=O)(=O)Cc2ccc(Cl)c(Cl)c2)c1. The Labute approximate surface area is 152 Å². The van der Waals surface area contributed by atoms with E-state index >= 15 is 0 Å². The van der Waals surface area contributed by atoms with Gasteiger partial charge in [-0.2, -0.15) is 0 Å². The lowest BCUT2D eigenvalue weighted by atomic mass is 10.2. The number of halogens is 2. The van der Waals surface area contributed by atoms with Crippen LogP contribution in [0.1, 0.15) is 25.0 Å². The maximum atomic E-state index is 12.2. The fourth-order valence-electron chi connectivity index (χ4n) is 2.09. The van der Waals surface area contributed by atoms with Crippen LogP contribution in [0, 0.1) is 0 Å². The molecule has 1 N–H and O–H groups in total. The largest absolute Gasteiger partial charge is 0.491 e. The summed E-state index contributed by atoms with van der Waals surface area (Å²) in [6.07, 6.45) is 0.0617. The zero-order valence-corrected chi connectivity index (χ0v) is 15.8. The van der Waals surface area contributed by atoms with Crippen LogP contribution in [0.15, 0.2) is 42.5 Å². The molecule has 2 rings (SSSR count). The predicted octanol–water partition coefficient (Wildman–Crippen LogP) is 4.40. The second-order valence-corrected chi connectivity index (χ2v) is 8.26. The maximum Gasteiger partial charge on any atom is 0.216 e. The molecule has 2 aromatic rings. The van der Waals surface area contributed by atoms with Crippen molar-refractivity contribution in [1.82, 2.24) is 4.72 Å². The topological polar surface area (TPSA) is 55.4 Å². The molecule has 0 amide bonds. The second-order valence-electron chi connectivity index (χ2n) is 5.64. The van der Waals surface area contributed by atoms with E-state index in [4.69, 9.17) is 27.9 Å². The highest BCUT2D eigenvalue weighted by Crippen LogP contribution is 2.23. The Balaban J connectivity index is 2.00. The molecule has 0 saturated carbocycles. The number of sulfonamides is 1. The first-order valence-electron chi connectivity index (χ1n) is 7.42. The molecule has 0 saturated heterocycles. The highest BCUT2D eigenvalue weighted by atomic mass is 35.5. The molecule has 0 unspecified atom stereocenters. The van der Waals surface area contributed by atoms with Gasteiger partial charge in [0.25, 0.3) is 0 Å². The van der Waals surface area contributed by atoms with E-state index in [0.717, 1.165) is 5.56 Å². The normalized spacial score (nSPS) is 11.7. The molecule has 4 nitrogen and oxygen atoms in total. The van der Waals surface area contributed by atoms with Gasteiger partial charge in [0.05, 0.1) is 21.9 Å². The van der Waals surface area contributed by atoms with Gasteiger partial charge in [-0.3, -0.25) is 0 Å². The van der Waals surface area contributed by atoms with E-state index in [0.29, 0.717) is 21.4 Å². The molecular formula is C17H19Cl2NO3S. The van der Waals surface area contributed by atoms with Crippen molar-refractivity contribution in [2.75, 3.05) is 0 Å². The van der Waals surface area contributed by atoms with Crippen LogP contribution in [0.4, 0.5) is 0 Å². The lowest BCUT2D eigenvalue weighted by Crippen LogP contribution is -2.24. The summed E-state index contributed by atoms with van der Waals surface area (Å²) in [5.41, 5.74) is 1.40. The van der Waals surface area contributed by atoms with Gasteiger partial charge in [-0.05, 0) is 49.2 Å². The fraction of sp³-hybridized carbons (Fsp3) is 0.294. The molecule has 0 aliphatic rings. The first kappa shape index (κ1) is 19.1. The van der Waals surface area contributed by atoms with Crippen LogP contribution < -0.4 is 9.46 Å². The van der Waals surface area contributed by atoms with E-state index in [1.165, 1.54) is 0 Å². The highest BCUT2D eigenvalue weighted by molar-refractivity contribution is 7.88.